The van der Waals surface area contributed by atoms with Crippen LogP contribution in [-0.4, -0.2) is 4.98 Å². The Morgan fingerprint density at radius 3 is 1.61 bits per heavy atom. The van der Waals surface area contributed by atoms with E-state index in [-0.39, 0.29) is 0 Å². The summed E-state index contributed by atoms with van der Waals surface area (Å²) in [5.41, 5.74) is 10.2. The van der Waals surface area contributed by atoms with Crippen LogP contribution in [0, 0.1) is 0 Å². The SMILES string of the molecule is c1ccc(-c2nc3c(c(-c4ccccc4)c2-c2ccccc2)CCCC3)cc1. The first-order valence-corrected chi connectivity index (χ1v) is 10.1. The van der Waals surface area contributed by atoms with Gasteiger partial charge in [0.05, 0.1) is 5.69 Å². The molecule has 0 spiro atoms. The fourth-order valence-electron chi connectivity index (χ4n) is 4.36. The maximum atomic E-state index is 5.25. The highest BCUT2D eigenvalue weighted by atomic mass is 14.7. The van der Waals surface area contributed by atoms with Gasteiger partial charge in [0.25, 0.3) is 0 Å². The van der Waals surface area contributed by atoms with Crippen LogP contribution < -0.4 is 0 Å². The molecule has 28 heavy (non-hydrogen) atoms. The number of hydrogen-bond donors (Lipinski definition) is 0. The number of aryl methyl sites for hydroxylation is 1. The molecule has 4 aromatic rings. The number of aromatic nitrogens is 1. The number of benzene rings is 3. The van der Waals surface area contributed by atoms with Crippen molar-refractivity contribution in [1.29, 1.82) is 0 Å². The van der Waals surface area contributed by atoms with E-state index in [2.05, 4.69) is 91.0 Å². The minimum Gasteiger partial charge on any atom is -0.252 e. The zero-order valence-electron chi connectivity index (χ0n) is 15.9. The second kappa shape index (κ2) is 7.44. The number of rotatable bonds is 3. The van der Waals surface area contributed by atoms with Crippen molar-refractivity contribution in [2.45, 2.75) is 25.7 Å². The highest BCUT2D eigenvalue weighted by Crippen LogP contribution is 2.43. The third-order valence-electron chi connectivity index (χ3n) is 5.65. The monoisotopic (exact) mass is 361 g/mol. The molecule has 0 saturated heterocycles. The van der Waals surface area contributed by atoms with E-state index < -0.39 is 0 Å². The molecule has 0 radical (unpaired) electrons. The van der Waals surface area contributed by atoms with Gasteiger partial charge in [0.2, 0.25) is 0 Å². The van der Waals surface area contributed by atoms with Gasteiger partial charge in [-0.25, -0.2) is 0 Å². The third-order valence-corrected chi connectivity index (χ3v) is 5.65. The standard InChI is InChI=1S/C27H23N/c1-4-12-20(13-5-1)25-23-18-10-11-19-24(23)28-27(22-16-8-3-9-17-22)26(25)21-14-6-2-7-15-21/h1-9,12-17H,10-11,18-19H2. The molecule has 0 saturated carbocycles. The molecule has 1 heteroatoms. The molecule has 1 aromatic heterocycles. The minimum atomic E-state index is 1.07. The predicted octanol–water partition coefficient (Wildman–Crippen LogP) is 6.96. The summed E-state index contributed by atoms with van der Waals surface area (Å²) < 4.78 is 0. The zero-order chi connectivity index (χ0) is 18.8. The van der Waals surface area contributed by atoms with Crippen LogP contribution >= 0.6 is 0 Å². The van der Waals surface area contributed by atoms with Crippen molar-refractivity contribution < 1.29 is 0 Å². The molecule has 0 atom stereocenters. The Balaban J connectivity index is 1.90. The predicted molar refractivity (Wildman–Crippen MR) is 117 cm³/mol. The van der Waals surface area contributed by atoms with Crippen LogP contribution in [-0.2, 0) is 12.8 Å². The topological polar surface area (TPSA) is 12.9 Å². The molecular formula is C27H23N. The van der Waals surface area contributed by atoms with Gasteiger partial charge in [-0.2, -0.15) is 0 Å². The smallest absolute Gasteiger partial charge is 0.0790 e. The molecule has 0 aliphatic heterocycles. The first-order chi connectivity index (χ1) is 13.9. The van der Waals surface area contributed by atoms with Crippen molar-refractivity contribution in [2.75, 3.05) is 0 Å². The third kappa shape index (κ3) is 3.03. The van der Waals surface area contributed by atoms with E-state index in [1.165, 1.54) is 51.9 Å². The van der Waals surface area contributed by atoms with Gasteiger partial charge in [0.15, 0.2) is 0 Å². The van der Waals surface area contributed by atoms with Crippen LogP contribution in [0.5, 0.6) is 0 Å². The van der Waals surface area contributed by atoms with E-state index in [1.807, 2.05) is 0 Å². The molecule has 0 amide bonds. The first kappa shape index (κ1) is 16.9. The summed E-state index contributed by atoms with van der Waals surface area (Å²) in [5.74, 6) is 0. The molecule has 0 N–H and O–H groups in total. The number of pyridine rings is 1. The maximum absolute atomic E-state index is 5.25. The minimum absolute atomic E-state index is 1.07. The van der Waals surface area contributed by atoms with E-state index in [9.17, 15) is 0 Å². The summed E-state index contributed by atoms with van der Waals surface area (Å²) in [4.78, 5) is 5.25. The number of fused-ring (bicyclic) bond motifs is 1. The second-order valence-corrected chi connectivity index (χ2v) is 7.44. The summed E-state index contributed by atoms with van der Waals surface area (Å²) in [6.07, 6.45) is 4.66. The fourth-order valence-corrected chi connectivity index (χ4v) is 4.36. The van der Waals surface area contributed by atoms with E-state index in [1.54, 1.807) is 0 Å². The van der Waals surface area contributed by atoms with Gasteiger partial charge in [-0.1, -0.05) is 91.0 Å². The molecule has 0 bridgehead atoms. The molecule has 5 rings (SSSR count). The molecule has 1 aliphatic rings. The van der Waals surface area contributed by atoms with Gasteiger partial charge in [-0.3, -0.25) is 4.98 Å². The molecule has 1 aliphatic carbocycles. The average molecular weight is 361 g/mol. The number of hydrogen-bond acceptors (Lipinski definition) is 1. The Labute approximate surface area is 166 Å². The molecule has 1 nitrogen and oxygen atoms in total. The Hall–Kier alpha value is -3.19. The van der Waals surface area contributed by atoms with E-state index >= 15 is 0 Å². The van der Waals surface area contributed by atoms with Crippen molar-refractivity contribution in [3.05, 3.63) is 102 Å². The van der Waals surface area contributed by atoms with Crippen LogP contribution in [0.4, 0.5) is 0 Å². The van der Waals surface area contributed by atoms with Crippen LogP contribution in [0.3, 0.4) is 0 Å². The lowest BCUT2D eigenvalue weighted by Gasteiger charge is -2.25. The highest BCUT2D eigenvalue weighted by molar-refractivity contribution is 5.94. The Morgan fingerprint density at radius 1 is 0.500 bits per heavy atom. The van der Waals surface area contributed by atoms with Crippen molar-refractivity contribution in [3.63, 3.8) is 0 Å². The molecular weight excluding hydrogens is 338 g/mol. The normalized spacial score (nSPS) is 13.1. The van der Waals surface area contributed by atoms with E-state index in [0.29, 0.717) is 0 Å². The lowest BCUT2D eigenvalue weighted by Crippen LogP contribution is -2.10. The summed E-state index contributed by atoms with van der Waals surface area (Å²) in [6, 6.07) is 32.3. The van der Waals surface area contributed by atoms with Gasteiger partial charge in [0.1, 0.15) is 0 Å². The van der Waals surface area contributed by atoms with Crippen LogP contribution in [0.15, 0.2) is 91.0 Å². The summed E-state index contributed by atoms with van der Waals surface area (Å²) in [5, 5.41) is 0. The van der Waals surface area contributed by atoms with E-state index in [0.717, 1.165) is 18.5 Å². The fraction of sp³-hybridized carbons (Fsp3) is 0.148. The van der Waals surface area contributed by atoms with Gasteiger partial charge < -0.3 is 0 Å². The first-order valence-electron chi connectivity index (χ1n) is 10.1. The van der Waals surface area contributed by atoms with Crippen molar-refractivity contribution in [3.8, 4) is 33.5 Å². The van der Waals surface area contributed by atoms with Gasteiger partial charge in [0, 0.05) is 16.8 Å². The molecule has 1 heterocycles. The lowest BCUT2D eigenvalue weighted by molar-refractivity contribution is 0.670. The zero-order valence-corrected chi connectivity index (χ0v) is 15.9. The molecule has 0 unspecified atom stereocenters. The molecule has 3 aromatic carbocycles. The van der Waals surface area contributed by atoms with Crippen molar-refractivity contribution in [1.82, 2.24) is 4.98 Å². The van der Waals surface area contributed by atoms with Crippen molar-refractivity contribution >= 4 is 0 Å². The quantitative estimate of drug-likeness (QED) is 0.384. The van der Waals surface area contributed by atoms with Crippen LogP contribution in [0.25, 0.3) is 33.5 Å². The van der Waals surface area contributed by atoms with E-state index in [4.69, 9.17) is 4.98 Å². The number of nitrogens with zero attached hydrogens (tertiary/aromatic N) is 1. The Kier molecular flexibility index (Phi) is 4.50. The van der Waals surface area contributed by atoms with Crippen LogP contribution in [0.1, 0.15) is 24.1 Å². The van der Waals surface area contributed by atoms with Gasteiger partial charge in [-0.05, 0) is 47.9 Å². The maximum Gasteiger partial charge on any atom is 0.0790 e. The lowest BCUT2D eigenvalue weighted by atomic mass is 9.82. The van der Waals surface area contributed by atoms with Crippen LogP contribution in [0.2, 0.25) is 0 Å². The van der Waals surface area contributed by atoms with Crippen molar-refractivity contribution in [2.24, 2.45) is 0 Å². The van der Waals surface area contributed by atoms with Gasteiger partial charge >= 0.3 is 0 Å². The van der Waals surface area contributed by atoms with Gasteiger partial charge in [-0.15, -0.1) is 0 Å². The molecule has 0 fully saturated rings. The Bertz CT molecular complexity index is 1080. The molecule has 136 valence electrons. The summed E-state index contributed by atoms with van der Waals surface area (Å²) >= 11 is 0. The highest BCUT2D eigenvalue weighted by Gasteiger charge is 2.24. The largest absolute Gasteiger partial charge is 0.252 e. The summed E-state index contributed by atoms with van der Waals surface area (Å²) in [6.45, 7) is 0. The second-order valence-electron chi connectivity index (χ2n) is 7.44. The average Bonchev–Trinajstić information content (AvgIpc) is 2.79. The Morgan fingerprint density at radius 2 is 1.00 bits per heavy atom. The summed E-state index contributed by atoms with van der Waals surface area (Å²) in [7, 11) is 0.